The molecule has 0 amide bonds. The highest BCUT2D eigenvalue weighted by Gasteiger charge is 2.09. The molecule has 19 heavy (non-hydrogen) atoms. The van der Waals surface area contributed by atoms with Gasteiger partial charge in [0, 0.05) is 18.9 Å². The van der Waals surface area contributed by atoms with Crippen LogP contribution in [0.5, 0.6) is 5.75 Å². The molecule has 2 aromatic rings. The van der Waals surface area contributed by atoms with E-state index in [9.17, 15) is 0 Å². The highest BCUT2D eigenvalue weighted by atomic mass is 16.5. The predicted molar refractivity (Wildman–Crippen MR) is 71.6 cm³/mol. The minimum Gasteiger partial charge on any atom is -0.496 e. The van der Waals surface area contributed by atoms with Gasteiger partial charge in [0.25, 0.3) is 0 Å². The Labute approximate surface area is 111 Å². The van der Waals surface area contributed by atoms with Gasteiger partial charge in [-0.05, 0) is 24.6 Å². The number of imidazole rings is 1. The number of benzene rings is 1. The van der Waals surface area contributed by atoms with Crippen molar-refractivity contribution >= 4 is 5.84 Å². The van der Waals surface area contributed by atoms with Gasteiger partial charge in [-0.1, -0.05) is 11.2 Å². The summed E-state index contributed by atoms with van der Waals surface area (Å²) in [6, 6.07) is 5.55. The maximum Gasteiger partial charge on any atom is 0.173 e. The van der Waals surface area contributed by atoms with Crippen molar-refractivity contribution in [3.63, 3.8) is 0 Å². The van der Waals surface area contributed by atoms with Crippen LogP contribution in [0.15, 0.2) is 35.7 Å². The van der Waals surface area contributed by atoms with Crippen LogP contribution in [-0.2, 0) is 6.54 Å². The molecular formula is C13H16N4O2. The highest BCUT2D eigenvalue weighted by Crippen LogP contribution is 2.20. The minimum absolute atomic E-state index is 0.0298. The third-order valence-electron chi connectivity index (χ3n) is 2.93. The van der Waals surface area contributed by atoms with Gasteiger partial charge in [-0.15, -0.1) is 0 Å². The van der Waals surface area contributed by atoms with Gasteiger partial charge in [-0.3, -0.25) is 0 Å². The molecule has 0 saturated carbocycles. The van der Waals surface area contributed by atoms with Crippen LogP contribution in [0.2, 0.25) is 0 Å². The SMILES string of the molecule is COc1cc(Cn2ccnc2C)ccc1/C(N)=N/O. The molecule has 0 fully saturated rings. The summed E-state index contributed by atoms with van der Waals surface area (Å²) in [4.78, 5) is 4.17. The lowest BCUT2D eigenvalue weighted by Gasteiger charge is -2.10. The first-order valence-corrected chi connectivity index (χ1v) is 5.78. The molecular weight excluding hydrogens is 244 g/mol. The lowest BCUT2D eigenvalue weighted by Crippen LogP contribution is -2.14. The van der Waals surface area contributed by atoms with Gasteiger partial charge in [-0.25, -0.2) is 4.98 Å². The fourth-order valence-electron chi connectivity index (χ4n) is 1.87. The van der Waals surface area contributed by atoms with Crippen molar-refractivity contribution < 1.29 is 9.94 Å². The van der Waals surface area contributed by atoms with E-state index in [4.69, 9.17) is 15.7 Å². The molecule has 0 radical (unpaired) electrons. The van der Waals surface area contributed by atoms with E-state index in [0.29, 0.717) is 17.9 Å². The second kappa shape index (κ2) is 5.43. The number of amidine groups is 1. The normalized spacial score (nSPS) is 11.6. The van der Waals surface area contributed by atoms with Gasteiger partial charge in [0.15, 0.2) is 5.84 Å². The Kier molecular flexibility index (Phi) is 3.70. The first-order chi connectivity index (χ1) is 9.15. The smallest absolute Gasteiger partial charge is 0.173 e. The number of hydrogen-bond acceptors (Lipinski definition) is 4. The van der Waals surface area contributed by atoms with Crippen molar-refractivity contribution in [2.45, 2.75) is 13.5 Å². The van der Waals surface area contributed by atoms with Gasteiger partial charge in [0.05, 0.1) is 12.7 Å². The van der Waals surface area contributed by atoms with E-state index in [1.54, 1.807) is 19.4 Å². The van der Waals surface area contributed by atoms with Crippen LogP contribution in [-0.4, -0.2) is 27.7 Å². The third kappa shape index (κ3) is 2.67. The molecule has 0 aliphatic carbocycles. The van der Waals surface area contributed by atoms with Crippen molar-refractivity contribution in [1.82, 2.24) is 9.55 Å². The van der Waals surface area contributed by atoms with E-state index in [-0.39, 0.29) is 5.84 Å². The molecule has 0 atom stereocenters. The molecule has 2 rings (SSSR count). The third-order valence-corrected chi connectivity index (χ3v) is 2.93. The van der Waals surface area contributed by atoms with Crippen LogP contribution >= 0.6 is 0 Å². The second-order valence-corrected chi connectivity index (χ2v) is 4.12. The van der Waals surface area contributed by atoms with Crippen LogP contribution in [0, 0.1) is 6.92 Å². The Morgan fingerprint density at radius 1 is 1.53 bits per heavy atom. The zero-order valence-corrected chi connectivity index (χ0v) is 10.9. The summed E-state index contributed by atoms with van der Waals surface area (Å²) >= 11 is 0. The number of nitrogens with two attached hydrogens (primary N) is 1. The molecule has 1 heterocycles. The van der Waals surface area contributed by atoms with Gasteiger partial charge in [0.2, 0.25) is 0 Å². The molecule has 0 saturated heterocycles. The first kappa shape index (κ1) is 12.9. The quantitative estimate of drug-likeness (QED) is 0.376. The van der Waals surface area contributed by atoms with Crippen LogP contribution in [0.4, 0.5) is 0 Å². The largest absolute Gasteiger partial charge is 0.496 e. The Hall–Kier alpha value is -2.50. The molecule has 1 aromatic heterocycles. The standard InChI is InChI=1S/C13H16N4O2/c1-9-15-5-6-17(9)8-10-3-4-11(13(14)16-18)12(7-10)19-2/h3-7,18H,8H2,1-2H3,(H2,14,16). The van der Waals surface area contributed by atoms with Crippen molar-refractivity contribution in [3.05, 3.63) is 47.5 Å². The van der Waals surface area contributed by atoms with E-state index >= 15 is 0 Å². The molecule has 6 nitrogen and oxygen atoms in total. The summed E-state index contributed by atoms with van der Waals surface area (Å²) in [6.45, 7) is 2.64. The molecule has 100 valence electrons. The number of methoxy groups -OCH3 is 1. The van der Waals surface area contributed by atoms with E-state index in [2.05, 4.69) is 10.1 Å². The molecule has 0 bridgehead atoms. The van der Waals surface area contributed by atoms with Gasteiger partial charge in [0.1, 0.15) is 11.6 Å². The van der Waals surface area contributed by atoms with Crippen molar-refractivity contribution in [2.75, 3.05) is 7.11 Å². The van der Waals surface area contributed by atoms with Crippen molar-refractivity contribution in [2.24, 2.45) is 10.9 Å². The Morgan fingerprint density at radius 3 is 2.89 bits per heavy atom. The first-order valence-electron chi connectivity index (χ1n) is 5.78. The number of oxime groups is 1. The van der Waals surface area contributed by atoms with E-state index in [0.717, 1.165) is 11.4 Å². The number of rotatable bonds is 4. The predicted octanol–water partition coefficient (Wildman–Crippen LogP) is 1.34. The van der Waals surface area contributed by atoms with E-state index < -0.39 is 0 Å². The van der Waals surface area contributed by atoms with E-state index in [1.165, 1.54) is 0 Å². The molecule has 0 aliphatic rings. The van der Waals surface area contributed by atoms with Gasteiger partial charge in [-0.2, -0.15) is 0 Å². The maximum atomic E-state index is 8.72. The highest BCUT2D eigenvalue weighted by molar-refractivity contribution is 5.99. The van der Waals surface area contributed by atoms with Gasteiger partial charge < -0.3 is 20.2 Å². The second-order valence-electron chi connectivity index (χ2n) is 4.12. The summed E-state index contributed by atoms with van der Waals surface area (Å²) in [5, 5.41) is 11.7. The molecule has 0 aliphatic heterocycles. The number of ether oxygens (including phenoxy) is 1. The number of aromatic nitrogens is 2. The summed E-state index contributed by atoms with van der Waals surface area (Å²) in [5.41, 5.74) is 7.20. The fourth-order valence-corrected chi connectivity index (χ4v) is 1.87. The van der Waals surface area contributed by atoms with Crippen LogP contribution in [0.3, 0.4) is 0 Å². The summed E-state index contributed by atoms with van der Waals surface area (Å²) < 4.78 is 7.29. The van der Waals surface area contributed by atoms with Crippen LogP contribution in [0.1, 0.15) is 17.0 Å². The maximum absolute atomic E-state index is 8.72. The Bertz CT molecular complexity index is 604. The van der Waals surface area contributed by atoms with Crippen LogP contribution in [0.25, 0.3) is 0 Å². The Balaban J connectivity index is 2.32. The molecule has 6 heteroatoms. The average molecular weight is 260 g/mol. The number of nitrogens with zero attached hydrogens (tertiary/aromatic N) is 3. The topological polar surface area (TPSA) is 85.7 Å². The molecule has 3 N–H and O–H groups in total. The molecule has 0 spiro atoms. The minimum atomic E-state index is 0.0298. The van der Waals surface area contributed by atoms with Crippen molar-refractivity contribution in [3.8, 4) is 5.75 Å². The van der Waals surface area contributed by atoms with Crippen LogP contribution < -0.4 is 10.5 Å². The average Bonchev–Trinajstić information content (AvgIpc) is 2.83. The van der Waals surface area contributed by atoms with E-state index in [1.807, 2.05) is 29.8 Å². The lowest BCUT2D eigenvalue weighted by molar-refractivity contribution is 0.318. The summed E-state index contributed by atoms with van der Waals surface area (Å²) in [6.07, 6.45) is 3.68. The molecule has 0 unspecified atom stereocenters. The molecule has 1 aromatic carbocycles. The lowest BCUT2D eigenvalue weighted by atomic mass is 10.1. The van der Waals surface area contributed by atoms with Gasteiger partial charge >= 0.3 is 0 Å². The fraction of sp³-hybridized carbons (Fsp3) is 0.231. The number of hydrogen-bond donors (Lipinski definition) is 2. The summed E-state index contributed by atoms with van der Waals surface area (Å²) in [5.74, 6) is 1.55. The number of aryl methyl sites for hydroxylation is 1. The Morgan fingerprint density at radius 2 is 2.32 bits per heavy atom. The zero-order chi connectivity index (χ0) is 13.8. The van der Waals surface area contributed by atoms with Crippen molar-refractivity contribution in [1.29, 1.82) is 0 Å². The zero-order valence-electron chi connectivity index (χ0n) is 10.9. The summed E-state index contributed by atoms with van der Waals surface area (Å²) in [7, 11) is 1.55. The monoisotopic (exact) mass is 260 g/mol.